The molecule has 2 saturated heterocycles. The number of aromatic amines is 1. The normalized spacial score (nSPS) is 20.5. The van der Waals surface area contributed by atoms with Gasteiger partial charge < -0.3 is 32.8 Å². The second-order valence-corrected chi connectivity index (χ2v) is 24.8. The number of aryl methyl sites for hydroxylation is 1. The van der Waals surface area contributed by atoms with Crippen LogP contribution >= 0.6 is 8.25 Å². The van der Waals surface area contributed by atoms with E-state index in [0.717, 1.165) is 16.7 Å². The summed E-state index contributed by atoms with van der Waals surface area (Å²) in [6.45, 7) is 15.4. The molecule has 5 heterocycles. The summed E-state index contributed by atoms with van der Waals surface area (Å²) in [6, 6.07) is 25.0. The molecule has 2 aliphatic heterocycles. The first-order chi connectivity index (χ1) is 34.9. The number of nitrogens with one attached hydrogen (secondary N) is 2. The number of hydrogen-bond donors (Lipinski definition) is 2. The number of anilines is 1. The Bertz CT molecular complexity index is 2970. The van der Waals surface area contributed by atoms with Crippen molar-refractivity contribution in [1.29, 1.82) is 0 Å². The van der Waals surface area contributed by atoms with E-state index in [1.807, 2.05) is 78.9 Å². The van der Waals surface area contributed by atoms with Gasteiger partial charge in [-0.05, 0) is 66.0 Å². The Kier molecular flexibility index (Phi) is 16.2. The Labute approximate surface area is 424 Å². The van der Waals surface area contributed by atoms with Crippen LogP contribution in [0.15, 0.2) is 120 Å². The van der Waals surface area contributed by atoms with Crippen molar-refractivity contribution in [3.8, 4) is 11.5 Å². The molecule has 22 heteroatoms. The first-order valence-corrected chi connectivity index (χ1v) is 27.7. The lowest BCUT2D eigenvalue weighted by atomic mass is 9.80. The average molecular weight is 1040 g/mol. The van der Waals surface area contributed by atoms with E-state index in [0.29, 0.717) is 22.7 Å². The first-order valence-electron chi connectivity index (χ1n) is 23.7. The number of fused-ring (bicyclic) bond motifs is 1. The molecule has 8 rings (SSSR count). The first kappa shape index (κ1) is 52.9. The maximum atomic E-state index is 14.3. The molecule has 2 fully saturated rings. The van der Waals surface area contributed by atoms with Crippen LogP contribution in [0.1, 0.15) is 68.3 Å². The molecular weight excluding hydrogens is 978 g/mol. The largest absolute Gasteiger partial charge is 0.697 e. The van der Waals surface area contributed by atoms with Crippen LogP contribution in [0.4, 0.5) is 10.6 Å². The number of carbonyl (C=O) groups is 1. The molecule has 7 atom stereocenters. The van der Waals surface area contributed by atoms with Crippen molar-refractivity contribution >= 4 is 39.6 Å². The van der Waals surface area contributed by atoms with Gasteiger partial charge in [-0.15, -0.1) is 9.05 Å². The third kappa shape index (κ3) is 11.5. The number of imidazole rings is 1. The van der Waals surface area contributed by atoms with Crippen molar-refractivity contribution in [3.63, 3.8) is 0 Å². The second kappa shape index (κ2) is 22.4. The molecular formula is C51H61N7O13PSi+. The van der Waals surface area contributed by atoms with Gasteiger partial charge in [0, 0.05) is 29.2 Å². The molecule has 6 aromatic rings. The molecule has 73 heavy (non-hydrogen) atoms. The number of aromatic nitrogens is 6. The average Bonchev–Trinajstić information content (AvgIpc) is 4.11. The minimum atomic E-state index is -2.88. The fourth-order valence-corrected chi connectivity index (χ4v) is 10.7. The van der Waals surface area contributed by atoms with Crippen LogP contribution in [0.3, 0.4) is 0 Å². The van der Waals surface area contributed by atoms with E-state index < -0.39 is 76.4 Å². The van der Waals surface area contributed by atoms with E-state index in [1.54, 1.807) is 25.7 Å². The topological polar surface area (TPSA) is 228 Å². The molecule has 1 unspecified atom stereocenters. The minimum Gasteiger partial charge on any atom is -0.497 e. The van der Waals surface area contributed by atoms with Gasteiger partial charge in [0.1, 0.15) is 67.4 Å². The molecule has 1 amide bonds. The third-order valence-corrected chi connectivity index (χ3v) is 18.8. The van der Waals surface area contributed by atoms with Gasteiger partial charge >= 0.3 is 20.0 Å². The summed E-state index contributed by atoms with van der Waals surface area (Å²) in [4.78, 5) is 53.5. The van der Waals surface area contributed by atoms with E-state index >= 15 is 0 Å². The summed E-state index contributed by atoms with van der Waals surface area (Å²) in [5.41, 5.74) is 0.917. The fourth-order valence-electron chi connectivity index (χ4n) is 8.61. The maximum Gasteiger partial charge on any atom is 0.697 e. The number of rotatable bonds is 20. The van der Waals surface area contributed by atoms with Gasteiger partial charge in [-0.2, -0.15) is 0 Å². The van der Waals surface area contributed by atoms with Crippen LogP contribution < -0.4 is 26.0 Å². The summed E-state index contributed by atoms with van der Waals surface area (Å²) in [6.07, 6.45) is 0.559. The Morgan fingerprint density at radius 1 is 0.863 bits per heavy atom. The van der Waals surface area contributed by atoms with Crippen molar-refractivity contribution in [2.75, 3.05) is 39.4 Å². The predicted molar refractivity (Wildman–Crippen MR) is 272 cm³/mol. The molecule has 0 spiro atoms. The zero-order valence-electron chi connectivity index (χ0n) is 42.0. The van der Waals surface area contributed by atoms with Gasteiger partial charge in [-0.3, -0.25) is 24.2 Å². The number of amides is 1. The number of benzene rings is 3. The maximum absolute atomic E-state index is 14.3. The van der Waals surface area contributed by atoms with Crippen LogP contribution in [-0.4, -0.2) is 102 Å². The molecule has 20 nitrogen and oxygen atoms in total. The summed E-state index contributed by atoms with van der Waals surface area (Å²) in [7, 11) is -2.10. The highest BCUT2D eigenvalue weighted by atomic mass is 31.1. The molecule has 3 aromatic carbocycles. The van der Waals surface area contributed by atoms with Gasteiger partial charge in [0.15, 0.2) is 25.3 Å². The lowest BCUT2D eigenvalue weighted by molar-refractivity contribution is -0.0912. The smallest absolute Gasteiger partial charge is 0.497 e. The lowest BCUT2D eigenvalue weighted by Gasteiger charge is -2.39. The van der Waals surface area contributed by atoms with E-state index in [4.69, 9.17) is 41.9 Å². The van der Waals surface area contributed by atoms with Gasteiger partial charge in [0.05, 0.1) is 33.3 Å². The fraction of sp³-hybridized carbons (Fsp3) is 0.412. The van der Waals surface area contributed by atoms with Crippen molar-refractivity contribution in [2.45, 2.75) is 101 Å². The van der Waals surface area contributed by atoms with Crippen LogP contribution in [0.5, 0.6) is 11.5 Å². The molecule has 0 saturated carbocycles. The zero-order chi connectivity index (χ0) is 52.1. The van der Waals surface area contributed by atoms with E-state index in [2.05, 4.69) is 65.7 Å². The number of nitrogens with zero attached hydrogens (tertiary/aromatic N) is 5. The summed E-state index contributed by atoms with van der Waals surface area (Å²) >= 11 is 0. The minimum absolute atomic E-state index is 0.0129. The molecule has 386 valence electrons. The third-order valence-electron chi connectivity index (χ3n) is 13.5. The number of methoxy groups -OCH3 is 2. The van der Waals surface area contributed by atoms with Gasteiger partial charge in [0.2, 0.25) is 0 Å². The van der Waals surface area contributed by atoms with E-state index in [-0.39, 0.29) is 49.0 Å². The molecule has 0 aliphatic carbocycles. The Morgan fingerprint density at radius 2 is 1.47 bits per heavy atom. The standard InChI is InChI=1S/C51H60N7O13PSi/c1-10-24-65-49(61)55-45-44-46(53-30-52-45)58(31-54-44)43-25-38(70-72(62)67-29-41-39(71-73(8,9)50(3,4)5)26-42(69-41)57-27-32(2)47(59)56-48(57)60)40(68-43)28-66-51(33-14-12-11-13-15-33,34-16-20-36(63-6)21-17-34)35-18-22-37(64-7)23-19-35/h10-23,27,30-31,38-43H,1,24-26,28-29H2,2-9H3,(H-,52,53,55,56,59,60,61)/p+1/t38-,39-,40+,41+,42+,43+/m0/s1. The van der Waals surface area contributed by atoms with E-state index in [1.165, 1.54) is 29.5 Å². The van der Waals surface area contributed by atoms with Crippen LogP contribution in [0.25, 0.3) is 11.2 Å². The van der Waals surface area contributed by atoms with Crippen molar-refractivity contribution in [3.05, 3.63) is 153 Å². The molecule has 2 aliphatic rings. The monoisotopic (exact) mass is 1040 g/mol. The summed E-state index contributed by atoms with van der Waals surface area (Å²) in [5, 5.41) is 2.43. The molecule has 0 radical (unpaired) electrons. The van der Waals surface area contributed by atoms with Crippen LogP contribution in [-0.2, 0) is 42.6 Å². The predicted octanol–water partition coefficient (Wildman–Crippen LogP) is 8.47. The van der Waals surface area contributed by atoms with Crippen LogP contribution in [0, 0.1) is 6.92 Å². The van der Waals surface area contributed by atoms with Crippen molar-refractivity contribution < 1.29 is 51.3 Å². The van der Waals surface area contributed by atoms with Gasteiger partial charge in [-0.25, -0.2) is 24.5 Å². The number of carbonyl (C=O) groups excluding carboxylic acids is 1. The second-order valence-electron chi connectivity index (χ2n) is 19.2. The summed E-state index contributed by atoms with van der Waals surface area (Å²) < 4.78 is 73.2. The highest BCUT2D eigenvalue weighted by Gasteiger charge is 2.49. The highest BCUT2D eigenvalue weighted by Crippen LogP contribution is 2.46. The molecule has 0 bridgehead atoms. The molecule has 2 N–H and O–H groups in total. The number of hydrogen-bond acceptors (Lipinski definition) is 16. The van der Waals surface area contributed by atoms with Crippen LogP contribution in [0.2, 0.25) is 18.1 Å². The van der Waals surface area contributed by atoms with E-state index in [9.17, 15) is 18.9 Å². The highest BCUT2D eigenvalue weighted by molar-refractivity contribution is 7.33. The Balaban J connectivity index is 1.11. The number of H-pyrrole nitrogens is 1. The zero-order valence-corrected chi connectivity index (χ0v) is 43.9. The van der Waals surface area contributed by atoms with Crippen molar-refractivity contribution in [2.24, 2.45) is 0 Å². The number of ether oxygens (including phenoxy) is 6. The Morgan fingerprint density at radius 3 is 2.08 bits per heavy atom. The quantitative estimate of drug-likeness (QED) is 0.0316. The Hall–Kier alpha value is -6.42. The SMILES string of the molecule is C=CCOC(=O)Nc1ncnc2c1ncn2[C@H]1C[C@H](O[P+](=O)OC[C@H]2O[C@@H](n3cc(C)c(=O)[nH]c3=O)C[C@@H]2O[Si](C)(C)C(C)(C)C)[C@@H](COC(c2ccccc2)(c2ccc(OC)cc2)c2ccc(OC)cc2)O1. The summed E-state index contributed by atoms with van der Waals surface area (Å²) in [5.74, 6) is 1.42. The lowest BCUT2D eigenvalue weighted by Crippen LogP contribution is -2.46. The van der Waals surface area contributed by atoms with Gasteiger partial charge in [0.25, 0.3) is 5.56 Å². The van der Waals surface area contributed by atoms with Gasteiger partial charge in [-0.1, -0.05) is 88.0 Å². The van der Waals surface area contributed by atoms with Crippen molar-refractivity contribution in [1.82, 2.24) is 29.1 Å². The molecule has 3 aromatic heterocycles.